The molecule has 204 valence electrons. The standard InChI is InChI=1S/C24H27ClN4O6S3/c1-36(30,31)20-9-11-22(12-10-20)38(34,35)29(25)24-13-8-19(28-16-5-14-26-15-17-28)18-23(24)27-37(32,33)21-6-3-2-4-7-21/h2-4,6-13,18,26-27H,5,14-17H2,1H3. The number of nitrogens with zero attached hydrogens (tertiary/aromatic N) is 2. The van der Waals surface area contributed by atoms with Crippen molar-refractivity contribution in [3.8, 4) is 0 Å². The van der Waals surface area contributed by atoms with Gasteiger partial charge < -0.3 is 10.2 Å². The number of nitrogens with one attached hydrogen (secondary N) is 2. The average molecular weight is 599 g/mol. The smallest absolute Gasteiger partial charge is 0.278 e. The molecule has 0 aromatic heterocycles. The maximum absolute atomic E-state index is 13.4. The Balaban J connectivity index is 1.76. The summed E-state index contributed by atoms with van der Waals surface area (Å²) >= 11 is 6.38. The molecule has 2 N–H and O–H groups in total. The molecule has 3 aromatic carbocycles. The van der Waals surface area contributed by atoms with Gasteiger partial charge in [-0.05, 0) is 67.6 Å². The van der Waals surface area contributed by atoms with Crippen molar-refractivity contribution in [1.82, 2.24) is 5.32 Å². The Morgan fingerprint density at radius 3 is 2.13 bits per heavy atom. The van der Waals surface area contributed by atoms with E-state index in [1.807, 2.05) is 0 Å². The van der Waals surface area contributed by atoms with Crippen molar-refractivity contribution in [3.05, 3.63) is 72.8 Å². The van der Waals surface area contributed by atoms with Gasteiger partial charge in [0.05, 0.1) is 26.1 Å². The minimum atomic E-state index is -4.40. The molecule has 1 heterocycles. The van der Waals surface area contributed by atoms with Crippen molar-refractivity contribution in [2.75, 3.05) is 45.9 Å². The van der Waals surface area contributed by atoms with Gasteiger partial charge in [-0.15, -0.1) is 0 Å². The SMILES string of the molecule is CS(=O)(=O)c1ccc(S(=O)(=O)N(Cl)c2ccc(N3CCCNCC3)cc2NS(=O)(=O)c2ccccc2)cc1. The first-order valence-electron chi connectivity index (χ1n) is 11.6. The number of sulfone groups is 1. The summed E-state index contributed by atoms with van der Waals surface area (Å²) in [6.45, 7) is 3.01. The lowest BCUT2D eigenvalue weighted by Gasteiger charge is -2.26. The van der Waals surface area contributed by atoms with E-state index in [2.05, 4.69) is 14.9 Å². The first-order chi connectivity index (χ1) is 17.9. The van der Waals surface area contributed by atoms with Gasteiger partial charge in [-0.3, -0.25) is 4.72 Å². The molecule has 1 fully saturated rings. The van der Waals surface area contributed by atoms with E-state index in [-0.39, 0.29) is 26.1 Å². The minimum Gasteiger partial charge on any atom is -0.370 e. The van der Waals surface area contributed by atoms with Crippen LogP contribution in [0.1, 0.15) is 6.42 Å². The van der Waals surface area contributed by atoms with Crippen LogP contribution in [-0.2, 0) is 29.9 Å². The van der Waals surface area contributed by atoms with Crippen LogP contribution < -0.4 is 18.8 Å². The minimum absolute atomic E-state index is 0.00401. The van der Waals surface area contributed by atoms with E-state index < -0.39 is 29.9 Å². The van der Waals surface area contributed by atoms with E-state index in [1.165, 1.54) is 30.3 Å². The van der Waals surface area contributed by atoms with Crippen LogP contribution in [0.4, 0.5) is 17.1 Å². The van der Waals surface area contributed by atoms with Crippen LogP contribution in [0.5, 0.6) is 0 Å². The van der Waals surface area contributed by atoms with Crippen molar-refractivity contribution in [2.45, 2.75) is 21.1 Å². The van der Waals surface area contributed by atoms with Crippen molar-refractivity contribution in [3.63, 3.8) is 0 Å². The maximum atomic E-state index is 13.4. The molecule has 0 radical (unpaired) electrons. The second-order valence-electron chi connectivity index (χ2n) is 8.67. The highest BCUT2D eigenvalue weighted by atomic mass is 35.5. The molecule has 0 spiro atoms. The van der Waals surface area contributed by atoms with E-state index >= 15 is 0 Å². The van der Waals surface area contributed by atoms with E-state index in [0.717, 1.165) is 44.4 Å². The zero-order chi connectivity index (χ0) is 27.6. The monoisotopic (exact) mass is 598 g/mol. The van der Waals surface area contributed by atoms with Crippen molar-refractivity contribution in [2.24, 2.45) is 0 Å². The molecule has 0 bridgehead atoms. The second-order valence-corrected chi connectivity index (χ2v) is 14.7. The van der Waals surface area contributed by atoms with E-state index in [1.54, 1.807) is 30.3 Å². The number of hydrogen-bond donors (Lipinski definition) is 2. The maximum Gasteiger partial charge on any atom is 0.278 e. The van der Waals surface area contributed by atoms with Crippen LogP contribution in [0.15, 0.2) is 87.5 Å². The summed E-state index contributed by atoms with van der Waals surface area (Å²) in [6.07, 6.45) is 1.89. The van der Waals surface area contributed by atoms with Gasteiger partial charge in [0.15, 0.2) is 9.84 Å². The molecule has 10 nitrogen and oxygen atoms in total. The quantitative estimate of drug-likeness (QED) is 0.378. The molecule has 1 aliphatic rings. The highest BCUT2D eigenvalue weighted by molar-refractivity contribution is 7.94. The average Bonchev–Trinajstić information content (AvgIpc) is 3.18. The van der Waals surface area contributed by atoms with E-state index in [9.17, 15) is 25.3 Å². The van der Waals surface area contributed by atoms with Gasteiger partial charge in [-0.25, -0.2) is 16.8 Å². The van der Waals surface area contributed by atoms with Crippen LogP contribution >= 0.6 is 11.8 Å². The fraction of sp³-hybridized carbons (Fsp3) is 0.250. The van der Waals surface area contributed by atoms with Crippen molar-refractivity contribution >= 4 is 58.7 Å². The van der Waals surface area contributed by atoms with E-state index in [4.69, 9.17) is 11.8 Å². The molecular weight excluding hydrogens is 572 g/mol. The molecule has 14 heteroatoms. The molecule has 0 amide bonds. The largest absolute Gasteiger partial charge is 0.370 e. The Morgan fingerprint density at radius 2 is 1.47 bits per heavy atom. The van der Waals surface area contributed by atoms with Gasteiger partial charge in [0.25, 0.3) is 20.0 Å². The lowest BCUT2D eigenvalue weighted by Crippen LogP contribution is -2.28. The predicted octanol–water partition coefficient (Wildman–Crippen LogP) is 3.04. The Kier molecular flexibility index (Phi) is 8.23. The normalized spacial score (nSPS) is 15.1. The van der Waals surface area contributed by atoms with Crippen LogP contribution in [0.25, 0.3) is 0 Å². The third kappa shape index (κ3) is 6.24. The summed E-state index contributed by atoms with van der Waals surface area (Å²) < 4.78 is 79.5. The molecule has 0 saturated carbocycles. The topological polar surface area (TPSA) is 133 Å². The predicted molar refractivity (Wildman–Crippen MR) is 148 cm³/mol. The molecule has 3 aromatic rings. The summed E-state index contributed by atoms with van der Waals surface area (Å²) in [6, 6.07) is 17.0. The summed E-state index contributed by atoms with van der Waals surface area (Å²) in [5, 5.41) is 3.30. The van der Waals surface area contributed by atoms with Gasteiger partial charge in [0.2, 0.25) is 0 Å². The van der Waals surface area contributed by atoms with Gasteiger partial charge in [0, 0.05) is 43.4 Å². The lowest BCUT2D eigenvalue weighted by atomic mass is 10.2. The molecule has 0 atom stereocenters. The van der Waals surface area contributed by atoms with E-state index in [0.29, 0.717) is 16.1 Å². The molecule has 0 aliphatic carbocycles. The molecule has 1 saturated heterocycles. The molecule has 1 aliphatic heterocycles. The Bertz CT molecular complexity index is 1610. The summed E-state index contributed by atoms with van der Waals surface area (Å²) in [5.41, 5.74) is 0.549. The molecular formula is C24H27ClN4O6S3. The van der Waals surface area contributed by atoms with Gasteiger partial charge in [0.1, 0.15) is 0 Å². The lowest BCUT2D eigenvalue weighted by molar-refractivity contribution is 0.595. The molecule has 4 rings (SSSR count). The number of hydrogen-bond acceptors (Lipinski definition) is 8. The van der Waals surface area contributed by atoms with Crippen molar-refractivity contribution < 1.29 is 25.3 Å². The van der Waals surface area contributed by atoms with Crippen molar-refractivity contribution in [1.29, 1.82) is 0 Å². The fourth-order valence-corrected chi connectivity index (χ4v) is 7.13. The summed E-state index contributed by atoms with van der Waals surface area (Å²) in [4.78, 5) is 1.75. The summed E-state index contributed by atoms with van der Waals surface area (Å²) in [5.74, 6) is 0. The number of benzene rings is 3. The Morgan fingerprint density at radius 1 is 0.816 bits per heavy atom. The fourth-order valence-electron chi connectivity index (χ4n) is 3.94. The van der Waals surface area contributed by atoms with Gasteiger partial charge in [-0.2, -0.15) is 12.2 Å². The van der Waals surface area contributed by atoms with Crippen LogP contribution in [0, 0.1) is 0 Å². The second kappa shape index (κ2) is 11.1. The zero-order valence-electron chi connectivity index (χ0n) is 20.4. The van der Waals surface area contributed by atoms with Gasteiger partial charge in [-0.1, -0.05) is 18.2 Å². The Labute approximate surface area is 228 Å². The van der Waals surface area contributed by atoms with Crippen LogP contribution in [0.2, 0.25) is 0 Å². The zero-order valence-corrected chi connectivity index (χ0v) is 23.6. The first kappa shape index (κ1) is 28.2. The Hall–Kier alpha value is -2.84. The molecule has 0 unspecified atom stereocenters. The number of sulfonamides is 2. The third-order valence-corrected chi connectivity index (χ3v) is 10.7. The van der Waals surface area contributed by atoms with Crippen LogP contribution in [-0.4, -0.2) is 57.7 Å². The third-order valence-electron chi connectivity index (χ3n) is 5.93. The number of rotatable bonds is 8. The summed E-state index contributed by atoms with van der Waals surface area (Å²) in [7, 11) is -12.0. The first-order valence-corrected chi connectivity index (χ1v) is 16.7. The number of halogens is 1. The highest BCUT2D eigenvalue weighted by Gasteiger charge is 2.28. The highest BCUT2D eigenvalue weighted by Crippen LogP contribution is 2.37. The van der Waals surface area contributed by atoms with Crippen LogP contribution in [0.3, 0.4) is 0 Å². The molecule has 38 heavy (non-hydrogen) atoms. The number of anilines is 3. The van der Waals surface area contributed by atoms with Gasteiger partial charge >= 0.3 is 0 Å².